The van der Waals surface area contributed by atoms with Gasteiger partial charge in [-0.3, -0.25) is 9.59 Å². The minimum Gasteiger partial charge on any atom is -0.480 e. The molecular weight excluding hydrogens is 234 g/mol. The Morgan fingerprint density at radius 2 is 2.00 bits per heavy atom. The van der Waals surface area contributed by atoms with Crippen molar-refractivity contribution < 1.29 is 14.7 Å². The van der Waals surface area contributed by atoms with Crippen LogP contribution in [0.5, 0.6) is 0 Å². The van der Waals surface area contributed by atoms with Gasteiger partial charge in [0.05, 0.1) is 0 Å². The monoisotopic (exact) mass is 253 g/mol. The lowest BCUT2D eigenvalue weighted by atomic mass is 10.1. The zero-order valence-corrected chi connectivity index (χ0v) is 10.4. The molecule has 1 atom stereocenters. The van der Waals surface area contributed by atoms with Gasteiger partial charge in [-0.15, -0.1) is 12.4 Å². The fourth-order valence-electron chi connectivity index (χ4n) is 1.06. The summed E-state index contributed by atoms with van der Waals surface area (Å²) in [7, 11) is 3.81. The Morgan fingerprint density at radius 1 is 1.44 bits per heavy atom. The number of likely N-dealkylation sites (N-methyl/N-ethyl adjacent to an activating group) is 1. The van der Waals surface area contributed by atoms with Gasteiger partial charge in [-0.2, -0.15) is 0 Å². The first-order valence-electron chi connectivity index (χ1n) is 4.82. The van der Waals surface area contributed by atoms with Gasteiger partial charge in [-0.25, -0.2) is 0 Å². The maximum absolute atomic E-state index is 10.8. The second kappa shape index (κ2) is 9.38. The maximum Gasteiger partial charge on any atom is 0.320 e. The van der Waals surface area contributed by atoms with Crippen LogP contribution >= 0.6 is 12.4 Å². The number of nitrogens with zero attached hydrogens (tertiary/aromatic N) is 1. The van der Waals surface area contributed by atoms with Crippen molar-refractivity contribution in [2.24, 2.45) is 5.73 Å². The first kappa shape index (κ1) is 17.5. The van der Waals surface area contributed by atoms with Crippen LogP contribution in [0.2, 0.25) is 0 Å². The fourth-order valence-corrected chi connectivity index (χ4v) is 1.06. The largest absolute Gasteiger partial charge is 0.480 e. The summed E-state index contributed by atoms with van der Waals surface area (Å²) in [5.74, 6) is -1.43. The summed E-state index contributed by atoms with van der Waals surface area (Å²) < 4.78 is 0. The minimum absolute atomic E-state index is 0. The predicted molar refractivity (Wildman–Crippen MR) is 63.7 cm³/mol. The quantitative estimate of drug-likeness (QED) is 0.531. The van der Waals surface area contributed by atoms with Crippen LogP contribution in [0.4, 0.5) is 0 Å². The number of aliphatic carboxylic acids is 1. The summed E-state index contributed by atoms with van der Waals surface area (Å²) in [5.41, 5.74) is 4.95. The molecule has 96 valence electrons. The lowest BCUT2D eigenvalue weighted by Gasteiger charge is -2.15. The number of halogens is 1. The average Bonchev–Trinajstić information content (AvgIpc) is 2.09. The third kappa shape index (κ3) is 9.70. The molecule has 0 bridgehead atoms. The van der Waals surface area contributed by atoms with Crippen molar-refractivity contribution >= 4 is 24.3 Å². The molecule has 0 aromatic rings. The van der Waals surface area contributed by atoms with E-state index in [0.717, 1.165) is 6.54 Å². The van der Waals surface area contributed by atoms with Gasteiger partial charge >= 0.3 is 5.97 Å². The van der Waals surface area contributed by atoms with E-state index in [4.69, 9.17) is 10.8 Å². The van der Waals surface area contributed by atoms with Crippen LogP contribution in [0.3, 0.4) is 0 Å². The molecule has 0 fully saturated rings. The van der Waals surface area contributed by atoms with Crippen LogP contribution in [0.25, 0.3) is 0 Å². The molecule has 0 saturated heterocycles. The fraction of sp³-hybridized carbons (Fsp3) is 0.778. The van der Waals surface area contributed by atoms with Gasteiger partial charge in [0.25, 0.3) is 0 Å². The lowest BCUT2D eigenvalue weighted by molar-refractivity contribution is -0.139. The molecular formula is C9H20ClN3O3. The summed E-state index contributed by atoms with van der Waals surface area (Å²) in [6.07, 6.45) is 0.323. The second-order valence-corrected chi connectivity index (χ2v) is 3.65. The molecule has 7 heteroatoms. The smallest absolute Gasteiger partial charge is 0.320 e. The van der Waals surface area contributed by atoms with E-state index in [-0.39, 0.29) is 25.2 Å². The summed E-state index contributed by atoms with van der Waals surface area (Å²) in [6.45, 7) is 1.32. The van der Waals surface area contributed by atoms with Gasteiger partial charge in [0.15, 0.2) is 0 Å². The number of carbonyl (C=O) groups is 2. The molecule has 0 aromatic heterocycles. The van der Waals surface area contributed by atoms with Gasteiger partial charge in [0.2, 0.25) is 5.91 Å². The number of carboxylic acids is 1. The van der Waals surface area contributed by atoms with E-state index in [1.165, 1.54) is 0 Å². The van der Waals surface area contributed by atoms with Gasteiger partial charge in [0, 0.05) is 19.5 Å². The standard InChI is InChI=1S/C9H19N3O3.ClH/c1-12(2)6-5-11-7(9(14)15)3-4-8(10)13;/h7,11H,3-6H2,1-2H3,(H2,10,13)(H,14,15);1H. The van der Waals surface area contributed by atoms with Crippen molar-refractivity contribution in [3.63, 3.8) is 0 Å². The third-order valence-corrected chi connectivity index (χ3v) is 1.93. The highest BCUT2D eigenvalue weighted by Gasteiger charge is 2.16. The van der Waals surface area contributed by atoms with Crippen molar-refractivity contribution in [3.05, 3.63) is 0 Å². The summed E-state index contributed by atoms with van der Waals surface area (Å²) in [5, 5.41) is 11.7. The summed E-state index contributed by atoms with van der Waals surface area (Å²) >= 11 is 0. The molecule has 0 radical (unpaired) electrons. The number of amides is 1. The molecule has 0 aliphatic heterocycles. The van der Waals surface area contributed by atoms with Gasteiger partial charge in [0.1, 0.15) is 6.04 Å². The molecule has 16 heavy (non-hydrogen) atoms. The van der Waals surface area contributed by atoms with E-state index in [0.29, 0.717) is 6.54 Å². The Labute approximate surface area is 102 Å². The third-order valence-electron chi connectivity index (χ3n) is 1.93. The molecule has 1 unspecified atom stereocenters. The summed E-state index contributed by atoms with van der Waals surface area (Å²) in [6, 6.07) is -0.697. The highest BCUT2D eigenvalue weighted by atomic mass is 35.5. The number of carbonyl (C=O) groups excluding carboxylic acids is 1. The number of hydrogen-bond acceptors (Lipinski definition) is 4. The normalized spacial score (nSPS) is 11.9. The Hall–Kier alpha value is -0.850. The molecule has 4 N–H and O–H groups in total. The Balaban J connectivity index is 0. The van der Waals surface area contributed by atoms with Gasteiger partial charge in [-0.1, -0.05) is 0 Å². The van der Waals surface area contributed by atoms with Crippen molar-refractivity contribution in [2.45, 2.75) is 18.9 Å². The Kier molecular flexibility index (Phi) is 10.3. The van der Waals surface area contributed by atoms with Crippen LogP contribution < -0.4 is 11.1 Å². The average molecular weight is 254 g/mol. The topological polar surface area (TPSA) is 95.7 Å². The number of nitrogens with one attached hydrogen (secondary N) is 1. The molecule has 6 nitrogen and oxygen atoms in total. The molecule has 0 spiro atoms. The number of nitrogens with two attached hydrogens (primary N) is 1. The molecule has 0 saturated carbocycles. The summed E-state index contributed by atoms with van der Waals surface area (Å²) in [4.78, 5) is 23.2. The van der Waals surface area contributed by atoms with E-state index in [9.17, 15) is 9.59 Å². The molecule has 0 aliphatic carbocycles. The maximum atomic E-state index is 10.8. The zero-order valence-electron chi connectivity index (χ0n) is 9.60. The van der Waals surface area contributed by atoms with E-state index < -0.39 is 17.9 Å². The highest BCUT2D eigenvalue weighted by Crippen LogP contribution is 1.96. The first-order chi connectivity index (χ1) is 6.93. The lowest BCUT2D eigenvalue weighted by Crippen LogP contribution is -2.40. The van der Waals surface area contributed by atoms with Crippen LogP contribution in [-0.4, -0.2) is 55.1 Å². The number of carboxylic acid groups (broad SMARTS) is 1. The molecule has 0 heterocycles. The molecule has 0 aromatic carbocycles. The van der Waals surface area contributed by atoms with E-state index >= 15 is 0 Å². The SMILES string of the molecule is CN(C)CCNC(CCC(N)=O)C(=O)O.Cl. The number of hydrogen-bond donors (Lipinski definition) is 3. The van der Waals surface area contributed by atoms with Crippen LogP contribution in [0.1, 0.15) is 12.8 Å². The van der Waals surface area contributed by atoms with Crippen LogP contribution in [0, 0.1) is 0 Å². The predicted octanol–water partition coefficient (Wildman–Crippen LogP) is -0.722. The van der Waals surface area contributed by atoms with Crippen molar-refractivity contribution in [1.82, 2.24) is 10.2 Å². The van der Waals surface area contributed by atoms with Gasteiger partial charge < -0.3 is 21.1 Å². The van der Waals surface area contributed by atoms with Gasteiger partial charge in [-0.05, 0) is 20.5 Å². The van der Waals surface area contributed by atoms with E-state index in [2.05, 4.69) is 5.32 Å². The number of rotatable bonds is 8. The van der Waals surface area contributed by atoms with E-state index in [1.54, 1.807) is 0 Å². The number of primary amides is 1. The second-order valence-electron chi connectivity index (χ2n) is 3.65. The Morgan fingerprint density at radius 3 is 2.38 bits per heavy atom. The van der Waals surface area contributed by atoms with Crippen molar-refractivity contribution in [2.75, 3.05) is 27.2 Å². The van der Waals surface area contributed by atoms with E-state index in [1.807, 2.05) is 19.0 Å². The molecule has 0 aliphatic rings. The Bertz CT molecular complexity index is 224. The highest BCUT2D eigenvalue weighted by molar-refractivity contribution is 5.85. The van der Waals surface area contributed by atoms with Crippen molar-refractivity contribution in [1.29, 1.82) is 0 Å². The van der Waals surface area contributed by atoms with Crippen molar-refractivity contribution in [3.8, 4) is 0 Å². The zero-order chi connectivity index (χ0) is 11.8. The van der Waals surface area contributed by atoms with Crippen LogP contribution in [0.15, 0.2) is 0 Å². The molecule has 1 amide bonds. The van der Waals surface area contributed by atoms with Crippen LogP contribution in [-0.2, 0) is 9.59 Å². The molecule has 0 rings (SSSR count). The first-order valence-corrected chi connectivity index (χ1v) is 4.82. The minimum atomic E-state index is -0.949.